The van der Waals surface area contributed by atoms with E-state index in [1.54, 1.807) is 0 Å². The summed E-state index contributed by atoms with van der Waals surface area (Å²) in [7, 11) is -7.21. The first-order chi connectivity index (χ1) is 21.2. The van der Waals surface area contributed by atoms with Gasteiger partial charge in [-0.3, -0.25) is 0 Å². The van der Waals surface area contributed by atoms with Gasteiger partial charge in [-0.25, -0.2) is 0 Å². The third kappa shape index (κ3) is 33.9. The summed E-state index contributed by atoms with van der Waals surface area (Å²) in [5, 5.41) is 0. The Hall–Kier alpha value is 3.60. The Morgan fingerprint density at radius 1 is 0.298 bits per heavy atom. The number of rotatable bonds is 30. The van der Waals surface area contributed by atoms with Crippen molar-refractivity contribution >= 4 is 141 Å². The minimum absolute atomic E-state index is 0.586. The number of hydrogen-bond donors (Lipinski definition) is 0. The molecule has 0 bridgehead atoms. The molecule has 0 heterocycles. The number of hydrogen-bond acceptors (Lipinski definition) is 6. The van der Waals surface area contributed by atoms with Crippen molar-refractivity contribution in [1.82, 2.24) is 0 Å². The van der Waals surface area contributed by atoms with Gasteiger partial charge in [0.1, 0.15) is 0 Å². The molecule has 0 fully saturated rings. The molecule has 0 aromatic rings. The van der Waals surface area contributed by atoms with Crippen LogP contribution < -0.4 is 0 Å². The average Bonchev–Trinajstić information content (AvgIpc) is 2.89. The zero-order chi connectivity index (χ0) is 36.5. The molecule has 0 saturated carbocycles. The first-order valence-corrected chi connectivity index (χ1v) is 43.4. The van der Waals surface area contributed by atoms with E-state index in [9.17, 15) is 0 Å². The summed E-state index contributed by atoms with van der Waals surface area (Å²) in [4.78, 5) is 0. The fourth-order valence-electron chi connectivity index (χ4n) is 4.52. The molecule has 6 nitrogen and oxygen atoms in total. The van der Waals surface area contributed by atoms with Crippen molar-refractivity contribution < 1.29 is 26.6 Å². The van der Waals surface area contributed by atoms with Gasteiger partial charge in [0, 0.05) is 39.6 Å². The van der Waals surface area contributed by atoms with Gasteiger partial charge >= 0.3 is 25.7 Å². The third-order valence-electron chi connectivity index (χ3n) is 7.12. The molecular formula is C26H60Cl8O6Si7. The Morgan fingerprint density at radius 2 is 0.489 bits per heavy atom. The Morgan fingerprint density at radius 3 is 0.702 bits per heavy atom. The Labute approximate surface area is 331 Å². The van der Waals surface area contributed by atoms with Crippen LogP contribution in [0.5, 0.6) is 0 Å². The van der Waals surface area contributed by atoms with Gasteiger partial charge < -0.3 is 26.6 Å². The van der Waals surface area contributed by atoms with Crippen LogP contribution in [0.3, 0.4) is 0 Å². The van der Waals surface area contributed by atoms with Gasteiger partial charge in [0.05, 0.1) is 0 Å². The van der Waals surface area contributed by atoms with Crippen LogP contribution in [0.4, 0.5) is 0 Å². The molecule has 0 aliphatic rings. The lowest BCUT2D eigenvalue weighted by Gasteiger charge is -2.29. The average molecular weight is 949 g/mol. The van der Waals surface area contributed by atoms with Crippen molar-refractivity contribution in [1.29, 1.82) is 0 Å². The fourth-order valence-corrected chi connectivity index (χ4v) is 16.8. The van der Waals surface area contributed by atoms with Crippen LogP contribution in [0, 0.1) is 0 Å². The molecule has 0 amide bonds. The van der Waals surface area contributed by atoms with E-state index >= 15 is 0 Å². The molecular weight excluding hydrogens is 889 g/mol. The minimum Gasteiger partial charge on any atom is -0.395 e. The van der Waals surface area contributed by atoms with Crippen LogP contribution in [0.25, 0.3) is 0 Å². The van der Waals surface area contributed by atoms with Crippen LogP contribution in [0.2, 0.25) is 88.6 Å². The third-order valence-corrected chi connectivity index (χ3v) is 24.2. The van der Waals surface area contributed by atoms with Crippen molar-refractivity contribution in [2.24, 2.45) is 0 Å². The predicted octanol–water partition coefficient (Wildman–Crippen LogP) is 12.5. The molecule has 284 valence electrons. The second kappa shape index (κ2) is 24.2. The lowest BCUT2D eigenvalue weighted by atomic mass is 10.5. The monoisotopic (exact) mass is 944 g/mol. The van der Waals surface area contributed by atoms with Gasteiger partial charge in [-0.05, 0) is 127 Å². The molecule has 0 radical (unpaired) electrons. The summed E-state index contributed by atoms with van der Waals surface area (Å²) in [6, 6.07) is 4.77. The molecule has 21 heteroatoms. The first kappa shape index (κ1) is 50.6. The fraction of sp³-hybridized carbons (Fsp3) is 1.00. The van der Waals surface area contributed by atoms with E-state index in [2.05, 4.69) is 26.2 Å². The first-order valence-electron chi connectivity index (χ1n) is 16.6. The van der Waals surface area contributed by atoms with Crippen molar-refractivity contribution in [3.8, 4) is 0 Å². The maximum Gasteiger partial charge on any atom is 0.335 e. The van der Waals surface area contributed by atoms with Crippen LogP contribution in [0.1, 0.15) is 38.5 Å². The van der Waals surface area contributed by atoms with Gasteiger partial charge in [-0.1, -0.05) is 0 Å². The van der Waals surface area contributed by atoms with Crippen LogP contribution >= 0.6 is 88.6 Å². The second-order valence-electron chi connectivity index (χ2n) is 13.7. The van der Waals surface area contributed by atoms with Crippen LogP contribution in [-0.4, -0.2) is 92.1 Å². The van der Waals surface area contributed by atoms with Gasteiger partial charge in [0.25, 0.3) is 0 Å². The summed E-state index contributed by atoms with van der Waals surface area (Å²) in [6.07, 6.45) is 4.93. The van der Waals surface area contributed by atoms with Gasteiger partial charge in [0.2, 0.25) is 26.8 Å². The molecule has 0 unspecified atom stereocenters. The van der Waals surface area contributed by atoms with Gasteiger partial charge in [-0.2, -0.15) is 0 Å². The van der Waals surface area contributed by atoms with Crippen molar-refractivity contribution in [2.75, 3.05) is 39.6 Å². The highest BCUT2D eigenvalue weighted by Crippen LogP contribution is 2.27. The Bertz CT molecular complexity index is 724. The van der Waals surface area contributed by atoms with E-state index < -0.39 is 52.5 Å². The molecule has 0 spiro atoms. The van der Waals surface area contributed by atoms with E-state index in [1.165, 1.54) is 0 Å². The van der Waals surface area contributed by atoms with E-state index in [0.717, 1.165) is 74.8 Å². The molecule has 0 aliphatic heterocycles. The smallest absolute Gasteiger partial charge is 0.335 e. The van der Waals surface area contributed by atoms with E-state index in [4.69, 9.17) is 115 Å². The maximum atomic E-state index is 6.35. The molecule has 0 aromatic heterocycles. The molecule has 0 aromatic carbocycles. The summed E-state index contributed by atoms with van der Waals surface area (Å²) >= 11 is 50.2. The standard InChI is InChI=1S/C26H60Cl8O6Si7/c1-41(2,35-15-13-25-46(7,37-17-9-21-42(3,27)28)38-18-10-22-43(4,29)30)36-16-14-26-47(8,39-19-11-23-44(5,31)32)40-20-12-24-45(6,33)34/h9-26H2,1-8H3. The molecule has 0 saturated heterocycles. The maximum absolute atomic E-state index is 6.35. The van der Waals surface area contributed by atoms with Gasteiger partial charge in [0.15, 0.2) is 0 Å². The minimum atomic E-state index is -2.43. The highest BCUT2D eigenvalue weighted by molar-refractivity contribution is 7.46. The predicted molar refractivity (Wildman–Crippen MR) is 226 cm³/mol. The SMILES string of the molecule is C[Si](Cl)(Cl)CCCO[Si](C)(CCCO[Si](C)(C)OCCC[Si](C)(OCCC[Si](C)(Cl)Cl)OCCC[Si](C)(Cl)Cl)OCCC[Si](C)(Cl)Cl. The molecule has 0 aliphatic carbocycles. The highest BCUT2D eigenvalue weighted by Gasteiger charge is 2.35. The summed E-state index contributed by atoms with van der Waals surface area (Å²) < 4.78 is 38.0. The Kier molecular flexibility index (Phi) is 26.0. The Balaban J connectivity index is 4.83. The van der Waals surface area contributed by atoms with E-state index in [1.807, 2.05) is 26.2 Å². The largest absolute Gasteiger partial charge is 0.395 e. The van der Waals surface area contributed by atoms with Crippen molar-refractivity contribution in [3.63, 3.8) is 0 Å². The van der Waals surface area contributed by atoms with Crippen molar-refractivity contribution in [3.05, 3.63) is 0 Å². The quantitative estimate of drug-likeness (QED) is 0.0406. The van der Waals surface area contributed by atoms with Crippen molar-refractivity contribution in [2.45, 2.75) is 127 Å². The molecule has 47 heavy (non-hydrogen) atoms. The zero-order valence-corrected chi connectivity index (χ0v) is 42.7. The summed E-state index contributed by atoms with van der Waals surface area (Å²) in [6.45, 7) is 11.0. The topological polar surface area (TPSA) is 55.4 Å². The lowest BCUT2D eigenvalue weighted by molar-refractivity contribution is 0.155. The van der Waals surface area contributed by atoms with Gasteiger partial charge in [-0.15, -0.1) is 88.6 Å². The number of halogens is 8. The van der Waals surface area contributed by atoms with Crippen LogP contribution in [0.15, 0.2) is 0 Å². The van der Waals surface area contributed by atoms with Crippen LogP contribution in [-0.2, 0) is 26.6 Å². The molecule has 0 rings (SSSR count). The summed E-state index contributed by atoms with van der Waals surface area (Å²) in [5.41, 5.74) is 0. The summed E-state index contributed by atoms with van der Waals surface area (Å²) in [5.74, 6) is 0. The highest BCUT2D eigenvalue weighted by atomic mass is 35.7. The normalized spacial score (nSPS) is 14.3. The molecule has 0 N–H and O–H groups in total. The van der Waals surface area contributed by atoms with E-state index in [0.29, 0.717) is 39.6 Å². The second-order valence-corrected chi connectivity index (χ2v) is 56.6. The zero-order valence-electron chi connectivity index (χ0n) is 29.7. The lowest BCUT2D eigenvalue weighted by Crippen LogP contribution is -2.41. The molecule has 0 atom stereocenters. The van der Waals surface area contributed by atoms with E-state index in [-0.39, 0.29) is 0 Å².